The van der Waals surface area contributed by atoms with Crippen molar-refractivity contribution in [1.82, 2.24) is 30.9 Å². The highest BCUT2D eigenvalue weighted by atomic mass is 16.4. The molecule has 0 aliphatic rings. The summed E-state index contributed by atoms with van der Waals surface area (Å²) in [5.74, 6) is -5.47. The number of carboxylic acid groups (broad SMARTS) is 1. The number of H-pyrrole nitrogens is 2. The summed E-state index contributed by atoms with van der Waals surface area (Å²) in [7, 11) is 0. The van der Waals surface area contributed by atoms with E-state index in [1.54, 1.807) is 12.3 Å². The fourth-order valence-electron chi connectivity index (χ4n) is 4.23. The second-order valence-corrected chi connectivity index (χ2v) is 9.65. The third-order valence-electron chi connectivity index (χ3n) is 6.40. The zero-order valence-corrected chi connectivity index (χ0v) is 22.5. The van der Waals surface area contributed by atoms with E-state index in [2.05, 4.69) is 30.9 Å². The Balaban J connectivity index is 1.83. The lowest BCUT2D eigenvalue weighted by atomic mass is 10.0. The largest absolute Gasteiger partial charge is 0.480 e. The number of imidazole rings is 1. The summed E-state index contributed by atoms with van der Waals surface area (Å²) in [6.45, 7) is 0. The highest BCUT2D eigenvalue weighted by Crippen LogP contribution is 2.19. The van der Waals surface area contributed by atoms with E-state index in [-0.39, 0.29) is 25.7 Å². The fourth-order valence-corrected chi connectivity index (χ4v) is 4.23. The number of aliphatic carboxylic acids is 1. The Morgan fingerprint density at radius 3 is 2.17 bits per heavy atom. The van der Waals surface area contributed by atoms with Crippen molar-refractivity contribution in [3.63, 3.8) is 0 Å². The average Bonchev–Trinajstić information content (AvgIpc) is 3.59. The monoisotopic (exact) mass is 583 g/mol. The molecule has 0 fully saturated rings. The number of para-hydroxylation sites is 1. The molecule has 0 bridgehead atoms. The van der Waals surface area contributed by atoms with Gasteiger partial charge in [-0.3, -0.25) is 24.0 Å². The lowest BCUT2D eigenvalue weighted by molar-refractivity contribution is -0.142. The van der Waals surface area contributed by atoms with Crippen LogP contribution in [-0.4, -0.2) is 79.7 Å². The van der Waals surface area contributed by atoms with Crippen molar-refractivity contribution in [2.45, 2.75) is 56.3 Å². The maximum Gasteiger partial charge on any atom is 0.326 e. The van der Waals surface area contributed by atoms with Crippen LogP contribution in [0.4, 0.5) is 0 Å². The summed E-state index contributed by atoms with van der Waals surface area (Å²) in [5, 5.41) is 17.7. The molecule has 0 saturated heterocycles. The molecular weight excluding hydrogens is 550 g/mol. The maximum atomic E-state index is 13.5. The number of nitrogens with zero attached hydrogens (tertiary/aromatic N) is 1. The molecule has 12 N–H and O–H groups in total. The number of hydrogen-bond donors (Lipinski definition) is 9. The van der Waals surface area contributed by atoms with Crippen LogP contribution in [-0.2, 0) is 41.6 Å². The number of nitrogens with one attached hydrogen (secondary N) is 5. The first-order valence-corrected chi connectivity index (χ1v) is 12.9. The van der Waals surface area contributed by atoms with E-state index in [1.165, 1.54) is 12.5 Å². The molecule has 16 heteroatoms. The Hall–Kier alpha value is -5.25. The van der Waals surface area contributed by atoms with Gasteiger partial charge in [-0.1, -0.05) is 18.2 Å². The number of amides is 5. The first-order chi connectivity index (χ1) is 19.9. The van der Waals surface area contributed by atoms with E-state index in [4.69, 9.17) is 17.2 Å². The number of carbonyl (C=O) groups is 6. The predicted molar refractivity (Wildman–Crippen MR) is 148 cm³/mol. The number of carboxylic acids is 1. The second-order valence-electron chi connectivity index (χ2n) is 9.65. The van der Waals surface area contributed by atoms with Crippen LogP contribution < -0.4 is 33.2 Å². The van der Waals surface area contributed by atoms with Gasteiger partial charge in [-0.05, 0) is 18.1 Å². The molecule has 0 radical (unpaired) electrons. The van der Waals surface area contributed by atoms with Crippen molar-refractivity contribution >= 4 is 46.4 Å². The zero-order chi connectivity index (χ0) is 30.8. The third-order valence-corrected chi connectivity index (χ3v) is 6.40. The zero-order valence-electron chi connectivity index (χ0n) is 22.5. The van der Waals surface area contributed by atoms with Crippen LogP contribution in [0.2, 0.25) is 0 Å². The molecule has 1 aromatic carbocycles. The molecule has 0 aliphatic carbocycles. The highest BCUT2D eigenvalue weighted by Gasteiger charge is 2.31. The van der Waals surface area contributed by atoms with Crippen LogP contribution in [0, 0.1) is 0 Å². The van der Waals surface area contributed by atoms with Gasteiger partial charge in [0.1, 0.15) is 18.1 Å². The number of hydrogen-bond acceptors (Lipinski definition) is 8. The Morgan fingerprint density at radius 2 is 1.52 bits per heavy atom. The summed E-state index contributed by atoms with van der Waals surface area (Å²) >= 11 is 0. The van der Waals surface area contributed by atoms with E-state index >= 15 is 0 Å². The molecule has 5 amide bonds. The lowest BCUT2D eigenvalue weighted by Crippen LogP contribution is -2.58. The highest BCUT2D eigenvalue weighted by molar-refractivity contribution is 5.96. The number of aromatic amines is 2. The summed E-state index contributed by atoms with van der Waals surface area (Å²) in [4.78, 5) is 83.7. The molecule has 3 rings (SSSR count). The quantitative estimate of drug-likeness (QED) is 0.0874. The number of primary amides is 2. The first kappa shape index (κ1) is 31.3. The average molecular weight is 584 g/mol. The molecule has 4 atom stereocenters. The molecule has 42 heavy (non-hydrogen) atoms. The van der Waals surface area contributed by atoms with Gasteiger partial charge >= 0.3 is 5.97 Å². The standard InChI is InChI=1S/C26H33N9O7/c27-16(9-22(29)37)23(38)34-19(7-13-10-31-17-4-2-1-3-15(13)17)25(40)33-18(5-6-21(28)36)24(39)35-20(26(41)42)8-14-11-30-12-32-14/h1-4,10-12,16,18-20,31H,5-9,27H2,(H2,28,36)(H2,29,37)(H,30,32)(H,33,40)(H,34,38)(H,35,39)(H,41,42). The van der Waals surface area contributed by atoms with Crippen molar-refractivity contribution in [3.05, 3.63) is 54.2 Å². The number of nitrogens with two attached hydrogens (primary N) is 3. The van der Waals surface area contributed by atoms with Crippen LogP contribution >= 0.6 is 0 Å². The summed E-state index contributed by atoms with van der Waals surface area (Å²) in [5.41, 5.74) is 18.0. The molecule has 2 heterocycles. The number of benzene rings is 1. The Labute approximate surface area is 239 Å². The van der Waals surface area contributed by atoms with Gasteiger partial charge in [-0.2, -0.15) is 0 Å². The van der Waals surface area contributed by atoms with Crippen LogP contribution in [0.15, 0.2) is 43.0 Å². The first-order valence-electron chi connectivity index (χ1n) is 12.9. The minimum Gasteiger partial charge on any atom is -0.480 e. The molecule has 0 saturated carbocycles. The molecule has 4 unspecified atom stereocenters. The molecule has 3 aromatic rings. The van der Waals surface area contributed by atoms with Crippen molar-refractivity contribution < 1.29 is 33.9 Å². The van der Waals surface area contributed by atoms with E-state index in [0.717, 1.165) is 10.9 Å². The molecule has 2 aromatic heterocycles. The number of fused-ring (bicyclic) bond motifs is 1. The number of rotatable bonds is 16. The number of carbonyl (C=O) groups excluding carboxylic acids is 5. The summed E-state index contributed by atoms with van der Waals surface area (Å²) in [6, 6.07) is 1.83. The molecule has 0 spiro atoms. The van der Waals surface area contributed by atoms with E-state index in [0.29, 0.717) is 11.3 Å². The van der Waals surface area contributed by atoms with E-state index in [9.17, 15) is 33.9 Å². The topological polar surface area (TPSA) is 281 Å². The predicted octanol–water partition coefficient (Wildman–Crippen LogP) is -2.32. The van der Waals surface area contributed by atoms with Crippen molar-refractivity contribution in [2.24, 2.45) is 17.2 Å². The minimum absolute atomic E-state index is 0.0490. The third kappa shape index (κ3) is 8.88. The Bertz CT molecular complexity index is 1440. The molecular formula is C26H33N9O7. The summed E-state index contributed by atoms with van der Waals surface area (Å²) in [6.07, 6.45) is 3.20. The molecule has 0 aliphatic heterocycles. The SMILES string of the molecule is NC(=O)CCC(NC(=O)C(Cc1c[nH]c2ccccc12)NC(=O)C(N)CC(N)=O)C(=O)NC(Cc1cnc[nH]1)C(=O)O. The maximum absolute atomic E-state index is 13.5. The smallest absolute Gasteiger partial charge is 0.326 e. The Morgan fingerprint density at radius 1 is 0.857 bits per heavy atom. The van der Waals surface area contributed by atoms with Gasteiger partial charge in [-0.15, -0.1) is 0 Å². The van der Waals surface area contributed by atoms with Gasteiger partial charge in [0.25, 0.3) is 0 Å². The van der Waals surface area contributed by atoms with Crippen molar-refractivity contribution in [2.75, 3.05) is 0 Å². The minimum atomic E-state index is -1.39. The van der Waals surface area contributed by atoms with E-state index < -0.39 is 66.1 Å². The second kappa shape index (κ2) is 14.4. The van der Waals surface area contributed by atoms with Crippen molar-refractivity contribution in [1.29, 1.82) is 0 Å². The van der Waals surface area contributed by atoms with E-state index in [1.807, 2.05) is 18.2 Å². The van der Waals surface area contributed by atoms with Gasteiger partial charge in [0.15, 0.2) is 0 Å². The normalized spacial score (nSPS) is 13.8. The van der Waals surface area contributed by atoms with Gasteiger partial charge in [0, 0.05) is 48.3 Å². The molecule has 16 nitrogen and oxygen atoms in total. The van der Waals surface area contributed by atoms with Crippen LogP contribution in [0.3, 0.4) is 0 Å². The van der Waals surface area contributed by atoms with Crippen LogP contribution in [0.25, 0.3) is 10.9 Å². The lowest BCUT2D eigenvalue weighted by Gasteiger charge is -2.25. The van der Waals surface area contributed by atoms with Gasteiger partial charge in [0.05, 0.1) is 18.8 Å². The Kier molecular flexibility index (Phi) is 10.7. The van der Waals surface area contributed by atoms with Gasteiger partial charge in [0.2, 0.25) is 29.5 Å². The van der Waals surface area contributed by atoms with Gasteiger partial charge < -0.3 is 48.2 Å². The van der Waals surface area contributed by atoms with Crippen molar-refractivity contribution in [3.8, 4) is 0 Å². The fraction of sp³-hybridized carbons (Fsp3) is 0.346. The summed E-state index contributed by atoms with van der Waals surface area (Å²) < 4.78 is 0. The number of aromatic nitrogens is 3. The van der Waals surface area contributed by atoms with Crippen LogP contribution in [0.1, 0.15) is 30.5 Å². The van der Waals surface area contributed by atoms with Gasteiger partial charge in [-0.25, -0.2) is 9.78 Å². The van der Waals surface area contributed by atoms with Crippen LogP contribution in [0.5, 0.6) is 0 Å². The molecule has 224 valence electrons.